The van der Waals surface area contributed by atoms with Gasteiger partial charge in [-0.2, -0.15) is 0 Å². The average molecular weight is 230 g/mol. The Balaban J connectivity index is 2.19. The van der Waals surface area contributed by atoms with Gasteiger partial charge in [0.1, 0.15) is 0 Å². The summed E-state index contributed by atoms with van der Waals surface area (Å²) in [7, 11) is 0. The smallest absolute Gasteiger partial charge is 0.0791 e. The predicted octanol–water partition coefficient (Wildman–Crippen LogP) is 0.458. The number of rotatable bonds is 4. The first-order valence-corrected chi connectivity index (χ1v) is 6.20. The summed E-state index contributed by atoms with van der Waals surface area (Å²) in [5.41, 5.74) is 0.0723. The number of β-amino-alcohol motifs (C(OH)–C–C–N with tert-alkyl or cyclic N) is 1. The molecule has 0 spiro atoms. The quantitative estimate of drug-likeness (QED) is 0.736. The summed E-state index contributed by atoms with van der Waals surface area (Å²) in [6.45, 7) is 11.3. The van der Waals surface area contributed by atoms with Crippen LogP contribution in [0.3, 0.4) is 0 Å². The maximum Gasteiger partial charge on any atom is 0.0791 e. The molecule has 0 aromatic heterocycles. The van der Waals surface area contributed by atoms with E-state index < -0.39 is 0 Å². The summed E-state index contributed by atoms with van der Waals surface area (Å²) < 4.78 is 5.38. The first kappa shape index (κ1) is 13.9. The van der Waals surface area contributed by atoms with Crippen LogP contribution in [0.2, 0.25) is 0 Å². The Labute approximate surface area is 99.0 Å². The first-order valence-electron chi connectivity index (χ1n) is 6.20. The Kier molecular flexibility index (Phi) is 5.69. The maximum absolute atomic E-state index is 9.91. The van der Waals surface area contributed by atoms with Crippen LogP contribution in [0.15, 0.2) is 0 Å². The number of ether oxygens (including phenoxy) is 1. The van der Waals surface area contributed by atoms with E-state index in [4.69, 9.17) is 4.74 Å². The molecule has 16 heavy (non-hydrogen) atoms. The van der Waals surface area contributed by atoms with Crippen LogP contribution >= 0.6 is 0 Å². The predicted molar refractivity (Wildman–Crippen MR) is 65.6 cm³/mol. The maximum atomic E-state index is 9.91. The van der Waals surface area contributed by atoms with Crippen molar-refractivity contribution in [3.63, 3.8) is 0 Å². The van der Waals surface area contributed by atoms with Gasteiger partial charge in [0.05, 0.1) is 12.7 Å². The highest BCUT2D eigenvalue weighted by Gasteiger charge is 2.16. The molecule has 0 aromatic carbocycles. The van der Waals surface area contributed by atoms with Crippen LogP contribution in [-0.4, -0.2) is 61.0 Å². The van der Waals surface area contributed by atoms with Gasteiger partial charge in [0, 0.05) is 38.3 Å². The van der Waals surface area contributed by atoms with E-state index in [1.807, 2.05) is 0 Å². The van der Waals surface area contributed by atoms with Gasteiger partial charge < -0.3 is 15.2 Å². The zero-order valence-electron chi connectivity index (χ0n) is 10.8. The minimum Gasteiger partial charge on any atom is -0.390 e. The highest BCUT2D eigenvalue weighted by atomic mass is 16.5. The molecule has 1 aliphatic rings. The molecule has 1 saturated heterocycles. The molecule has 1 aliphatic heterocycles. The molecule has 2 N–H and O–H groups in total. The fraction of sp³-hybridized carbons (Fsp3) is 1.00. The topological polar surface area (TPSA) is 44.7 Å². The molecule has 0 bridgehead atoms. The standard InChI is InChI=1S/C12H26N2O2/c1-12(2,3)13-9-11(15)10-14-5-4-7-16-8-6-14/h11,13,15H,4-10H2,1-3H3. The summed E-state index contributed by atoms with van der Waals surface area (Å²) >= 11 is 0. The van der Waals surface area contributed by atoms with Crippen molar-refractivity contribution in [3.8, 4) is 0 Å². The highest BCUT2D eigenvalue weighted by Crippen LogP contribution is 2.02. The summed E-state index contributed by atoms with van der Waals surface area (Å²) in [4.78, 5) is 2.28. The molecule has 4 heteroatoms. The molecule has 1 fully saturated rings. The van der Waals surface area contributed by atoms with E-state index in [0.29, 0.717) is 6.54 Å². The number of aliphatic hydroxyl groups is 1. The van der Waals surface area contributed by atoms with Gasteiger partial charge in [-0.3, -0.25) is 4.90 Å². The van der Waals surface area contributed by atoms with E-state index in [2.05, 4.69) is 31.0 Å². The number of hydrogen-bond acceptors (Lipinski definition) is 4. The van der Waals surface area contributed by atoms with Crippen molar-refractivity contribution in [2.45, 2.75) is 38.8 Å². The molecule has 0 aromatic rings. The SMILES string of the molecule is CC(C)(C)NCC(O)CN1CCCOCC1. The minimum atomic E-state index is -0.294. The van der Waals surface area contributed by atoms with Crippen LogP contribution in [0.1, 0.15) is 27.2 Å². The van der Waals surface area contributed by atoms with Gasteiger partial charge in [-0.15, -0.1) is 0 Å². The van der Waals surface area contributed by atoms with Crippen molar-refractivity contribution >= 4 is 0 Å². The average Bonchev–Trinajstić information content (AvgIpc) is 2.42. The van der Waals surface area contributed by atoms with E-state index in [1.165, 1.54) is 0 Å². The molecule has 0 aliphatic carbocycles. The molecule has 1 rings (SSSR count). The van der Waals surface area contributed by atoms with Crippen molar-refractivity contribution in [1.82, 2.24) is 10.2 Å². The van der Waals surface area contributed by atoms with Crippen LogP contribution in [0.4, 0.5) is 0 Å². The Hall–Kier alpha value is -0.160. The second kappa shape index (κ2) is 6.55. The van der Waals surface area contributed by atoms with Crippen LogP contribution < -0.4 is 5.32 Å². The first-order chi connectivity index (χ1) is 7.47. The van der Waals surface area contributed by atoms with Crippen molar-refractivity contribution in [1.29, 1.82) is 0 Å². The molecule has 96 valence electrons. The Morgan fingerprint density at radius 2 is 2.06 bits per heavy atom. The molecular weight excluding hydrogens is 204 g/mol. The van der Waals surface area contributed by atoms with Gasteiger partial charge in [0.15, 0.2) is 0 Å². The number of nitrogens with zero attached hydrogens (tertiary/aromatic N) is 1. The van der Waals surface area contributed by atoms with E-state index in [9.17, 15) is 5.11 Å². The lowest BCUT2D eigenvalue weighted by Gasteiger charge is -2.26. The van der Waals surface area contributed by atoms with Crippen molar-refractivity contribution in [2.24, 2.45) is 0 Å². The third-order valence-electron chi connectivity index (χ3n) is 2.65. The number of aliphatic hydroxyl groups excluding tert-OH is 1. The Morgan fingerprint density at radius 1 is 1.31 bits per heavy atom. The lowest BCUT2D eigenvalue weighted by atomic mass is 10.1. The second-order valence-electron chi connectivity index (χ2n) is 5.55. The van der Waals surface area contributed by atoms with Crippen LogP contribution in [0.5, 0.6) is 0 Å². The molecule has 1 unspecified atom stereocenters. The Morgan fingerprint density at radius 3 is 2.75 bits per heavy atom. The summed E-state index contributed by atoms with van der Waals surface area (Å²) in [6, 6.07) is 0. The van der Waals surface area contributed by atoms with Crippen molar-refractivity contribution in [2.75, 3.05) is 39.4 Å². The number of hydrogen-bond donors (Lipinski definition) is 2. The molecular formula is C12H26N2O2. The van der Waals surface area contributed by atoms with E-state index >= 15 is 0 Å². The molecule has 0 saturated carbocycles. The van der Waals surface area contributed by atoms with Gasteiger partial charge in [-0.1, -0.05) is 0 Å². The van der Waals surface area contributed by atoms with E-state index in [-0.39, 0.29) is 11.6 Å². The fourth-order valence-corrected chi connectivity index (χ4v) is 1.77. The lowest BCUT2D eigenvalue weighted by molar-refractivity contribution is 0.0978. The monoisotopic (exact) mass is 230 g/mol. The fourth-order valence-electron chi connectivity index (χ4n) is 1.77. The van der Waals surface area contributed by atoms with Gasteiger partial charge in [0.25, 0.3) is 0 Å². The van der Waals surface area contributed by atoms with Crippen molar-refractivity contribution in [3.05, 3.63) is 0 Å². The highest BCUT2D eigenvalue weighted by molar-refractivity contribution is 4.75. The van der Waals surface area contributed by atoms with Gasteiger partial charge in [-0.05, 0) is 27.2 Å². The third kappa shape index (κ3) is 6.43. The van der Waals surface area contributed by atoms with Gasteiger partial charge in [-0.25, -0.2) is 0 Å². The van der Waals surface area contributed by atoms with Crippen LogP contribution in [0, 0.1) is 0 Å². The molecule has 1 atom stereocenters. The minimum absolute atomic E-state index is 0.0723. The molecule has 0 amide bonds. The molecule has 1 heterocycles. The van der Waals surface area contributed by atoms with Gasteiger partial charge >= 0.3 is 0 Å². The van der Waals surface area contributed by atoms with E-state index in [0.717, 1.165) is 39.3 Å². The largest absolute Gasteiger partial charge is 0.390 e. The Bertz CT molecular complexity index is 184. The van der Waals surface area contributed by atoms with Gasteiger partial charge in [0.2, 0.25) is 0 Å². The number of nitrogens with one attached hydrogen (secondary N) is 1. The van der Waals surface area contributed by atoms with Crippen molar-refractivity contribution < 1.29 is 9.84 Å². The molecule has 4 nitrogen and oxygen atoms in total. The summed E-state index contributed by atoms with van der Waals surface area (Å²) in [5, 5.41) is 13.2. The zero-order chi connectivity index (χ0) is 12.0. The summed E-state index contributed by atoms with van der Waals surface area (Å²) in [6.07, 6.45) is 0.775. The third-order valence-corrected chi connectivity index (χ3v) is 2.65. The second-order valence-corrected chi connectivity index (χ2v) is 5.55. The lowest BCUT2D eigenvalue weighted by Crippen LogP contribution is -2.45. The summed E-state index contributed by atoms with van der Waals surface area (Å²) in [5.74, 6) is 0. The normalized spacial score (nSPS) is 21.8. The van der Waals surface area contributed by atoms with Crippen LogP contribution in [0.25, 0.3) is 0 Å². The van der Waals surface area contributed by atoms with Crippen LogP contribution in [-0.2, 0) is 4.74 Å². The van der Waals surface area contributed by atoms with E-state index in [1.54, 1.807) is 0 Å². The molecule has 0 radical (unpaired) electrons. The zero-order valence-corrected chi connectivity index (χ0v) is 10.8.